The van der Waals surface area contributed by atoms with Gasteiger partial charge < -0.3 is 10.6 Å². The first-order valence-electron chi connectivity index (χ1n) is 5.61. The number of halogens is 2. The fourth-order valence-corrected chi connectivity index (χ4v) is 2.23. The minimum absolute atomic E-state index is 0.0211. The van der Waals surface area contributed by atoms with Crippen molar-refractivity contribution in [3.8, 4) is 0 Å². The molecule has 0 radical (unpaired) electrons. The number of hydrogen-bond donors (Lipinski definition) is 2. The highest BCUT2D eigenvalue weighted by Gasteiger charge is 2.30. The van der Waals surface area contributed by atoms with Crippen LogP contribution in [-0.2, 0) is 0 Å². The SMILES string of the molecule is CCC1(CC)CNc2cc(Cl)c(F)cc2N1. The summed E-state index contributed by atoms with van der Waals surface area (Å²) in [6, 6.07) is 3.10. The lowest BCUT2D eigenvalue weighted by Crippen LogP contribution is -2.46. The van der Waals surface area contributed by atoms with Gasteiger partial charge in [0.15, 0.2) is 0 Å². The molecule has 1 aromatic carbocycles. The molecule has 2 nitrogen and oxygen atoms in total. The van der Waals surface area contributed by atoms with Gasteiger partial charge in [0, 0.05) is 12.6 Å². The summed E-state index contributed by atoms with van der Waals surface area (Å²) in [6.07, 6.45) is 2.00. The summed E-state index contributed by atoms with van der Waals surface area (Å²) >= 11 is 5.74. The molecule has 2 rings (SSSR count). The van der Waals surface area contributed by atoms with Crippen molar-refractivity contribution in [2.75, 3.05) is 17.2 Å². The van der Waals surface area contributed by atoms with Crippen LogP contribution >= 0.6 is 11.6 Å². The molecule has 88 valence electrons. The highest BCUT2D eigenvalue weighted by molar-refractivity contribution is 6.31. The van der Waals surface area contributed by atoms with E-state index < -0.39 is 0 Å². The van der Waals surface area contributed by atoms with Gasteiger partial charge in [-0.25, -0.2) is 4.39 Å². The lowest BCUT2D eigenvalue weighted by molar-refractivity contribution is 0.451. The van der Waals surface area contributed by atoms with Gasteiger partial charge in [0.05, 0.1) is 21.9 Å². The summed E-state index contributed by atoms with van der Waals surface area (Å²) < 4.78 is 13.4. The van der Waals surface area contributed by atoms with Crippen LogP contribution in [0.2, 0.25) is 5.02 Å². The maximum Gasteiger partial charge on any atom is 0.143 e. The van der Waals surface area contributed by atoms with E-state index in [4.69, 9.17) is 11.6 Å². The highest BCUT2D eigenvalue weighted by Crippen LogP contribution is 2.36. The average Bonchev–Trinajstić information content (AvgIpc) is 2.30. The normalized spacial score (nSPS) is 17.2. The molecular weight excluding hydrogens is 227 g/mol. The number of benzene rings is 1. The van der Waals surface area contributed by atoms with Gasteiger partial charge in [-0.05, 0) is 18.9 Å². The van der Waals surface area contributed by atoms with E-state index >= 15 is 0 Å². The maximum atomic E-state index is 13.4. The molecule has 0 bridgehead atoms. The molecule has 2 N–H and O–H groups in total. The van der Waals surface area contributed by atoms with Gasteiger partial charge in [0.25, 0.3) is 0 Å². The Morgan fingerprint density at radius 1 is 1.31 bits per heavy atom. The molecule has 1 aliphatic heterocycles. The second-order valence-electron chi connectivity index (χ2n) is 4.28. The quantitative estimate of drug-likeness (QED) is 0.823. The van der Waals surface area contributed by atoms with Crippen molar-refractivity contribution in [1.29, 1.82) is 0 Å². The van der Waals surface area contributed by atoms with Crippen molar-refractivity contribution in [2.45, 2.75) is 32.2 Å². The maximum absolute atomic E-state index is 13.4. The smallest absolute Gasteiger partial charge is 0.143 e. The van der Waals surface area contributed by atoms with E-state index in [1.807, 2.05) is 0 Å². The largest absolute Gasteiger partial charge is 0.381 e. The number of hydrogen-bond acceptors (Lipinski definition) is 2. The van der Waals surface area contributed by atoms with Crippen LogP contribution in [0.5, 0.6) is 0 Å². The Bertz CT molecular complexity index is 402. The highest BCUT2D eigenvalue weighted by atomic mass is 35.5. The molecule has 0 unspecified atom stereocenters. The molecule has 0 saturated carbocycles. The molecular formula is C12H16ClFN2. The zero-order chi connectivity index (χ0) is 11.8. The van der Waals surface area contributed by atoms with Gasteiger partial charge in [-0.3, -0.25) is 0 Å². The van der Waals surface area contributed by atoms with Crippen molar-refractivity contribution in [1.82, 2.24) is 0 Å². The predicted molar refractivity (Wildman–Crippen MR) is 66.8 cm³/mol. The third kappa shape index (κ3) is 1.84. The lowest BCUT2D eigenvalue weighted by Gasteiger charge is -2.39. The van der Waals surface area contributed by atoms with Crippen LogP contribution in [0.25, 0.3) is 0 Å². The number of nitrogens with one attached hydrogen (secondary N) is 2. The molecule has 0 saturated heterocycles. The zero-order valence-electron chi connectivity index (χ0n) is 9.53. The summed E-state index contributed by atoms with van der Waals surface area (Å²) in [6.45, 7) is 5.11. The van der Waals surface area contributed by atoms with Gasteiger partial charge >= 0.3 is 0 Å². The van der Waals surface area contributed by atoms with Crippen LogP contribution in [-0.4, -0.2) is 12.1 Å². The molecule has 0 spiro atoms. The van der Waals surface area contributed by atoms with E-state index in [1.54, 1.807) is 6.07 Å². The van der Waals surface area contributed by atoms with E-state index in [0.29, 0.717) is 0 Å². The fraction of sp³-hybridized carbons (Fsp3) is 0.500. The molecule has 0 amide bonds. The Morgan fingerprint density at radius 3 is 2.62 bits per heavy atom. The average molecular weight is 243 g/mol. The Hall–Kier alpha value is -0.960. The van der Waals surface area contributed by atoms with Crippen molar-refractivity contribution in [3.05, 3.63) is 23.0 Å². The molecule has 0 atom stereocenters. The van der Waals surface area contributed by atoms with Gasteiger partial charge in [-0.2, -0.15) is 0 Å². The van der Waals surface area contributed by atoms with E-state index in [1.165, 1.54) is 6.07 Å². The second kappa shape index (κ2) is 4.13. The molecule has 0 aliphatic carbocycles. The first-order chi connectivity index (χ1) is 7.60. The van der Waals surface area contributed by atoms with Crippen molar-refractivity contribution >= 4 is 23.0 Å². The number of rotatable bonds is 2. The van der Waals surface area contributed by atoms with Crippen LogP contribution in [0.1, 0.15) is 26.7 Å². The van der Waals surface area contributed by atoms with Crippen LogP contribution in [0, 0.1) is 5.82 Å². The van der Waals surface area contributed by atoms with Gasteiger partial charge in [-0.1, -0.05) is 25.4 Å². The fourth-order valence-electron chi connectivity index (χ4n) is 2.07. The Balaban J connectivity index is 2.36. The molecule has 1 aliphatic rings. The van der Waals surface area contributed by atoms with Crippen molar-refractivity contribution in [2.24, 2.45) is 0 Å². The van der Waals surface area contributed by atoms with E-state index in [0.717, 1.165) is 30.8 Å². The zero-order valence-corrected chi connectivity index (χ0v) is 10.3. The molecule has 1 aromatic rings. The van der Waals surface area contributed by atoms with Crippen LogP contribution < -0.4 is 10.6 Å². The molecule has 16 heavy (non-hydrogen) atoms. The Kier molecular flexibility index (Phi) is 2.98. The van der Waals surface area contributed by atoms with Crippen LogP contribution in [0.15, 0.2) is 12.1 Å². The topological polar surface area (TPSA) is 24.1 Å². The van der Waals surface area contributed by atoms with Gasteiger partial charge in [0.2, 0.25) is 0 Å². The third-order valence-corrected chi connectivity index (χ3v) is 3.72. The number of anilines is 2. The minimum atomic E-state index is -0.377. The summed E-state index contributed by atoms with van der Waals surface area (Å²) in [5.74, 6) is -0.377. The Labute approximate surface area is 100 Å². The van der Waals surface area contributed by atoms with E-state index in [9.17, 15) is 4.39 Å². The van der Waals surface area contributed by atoms with Crippen molar-refractivity contribution in [3.63, 3.8) is 0 Å². The van der Waals surface area contributed by atoms with Crippen LogP contribution in [0.4, 0.5) is 15.8 Å². The van der Waals surface area contributed by atoms with Gasteiger partial charge in [0.1, 0.15) is 5.82 Å². The molecule has 1 heterocycles. The summed E-state index contributed by atoms with van der Waals surface area (Å²) in [5.41, 5.74) is 1.70. The van der Waals surface area contributed by atoms with Crippen molar-refractivity contribution < 1.29 is 4.39 Å². The first-order valence-corrected chi connectivity index (χ1v) is 5.99. The standard InChI is InChI=1S/C12H16ClFN2/c1-3-12(4-2)7-15-10-5-8(13)9(14)6-11(10)16-12/h5-6,15-16H,3-4,7H2,1-2H3. The third-order valence-electron chi connectivity index (χ3n) is 3.43. The van der Waals surface area contributed by atoms with E-state index in [-0.39, 0.29) is 16.4 Å². The first kappa shape index (κ1) is 11.5. The summed E-state index contributed by atoms with van der Waals surface area (Å²) in [7, 11) is 0. The minimum Gasteiger partial charge on any atom is -0.381 e. The number of fused-ring (bicyclic) bond motifs is 1. The summed E-state index contributed by atoms with van der Waals surface area (Å²) in [5, 5.41) is 6.89. The molecule has 4 heteroatoms. The Morgan fingerprint density at radius 2 is 2.00 bits per heavy atom. The lowest BCUT2D eigenvalue weighted by atomic mass is 9.90. The predicted octanol–water partition coefficient (Wildman–Crippen LogP) is 3.88. The van der Waals surface area contributed by atoms with E-state index in [2.05, 4.69) is 24.5 Å². The molecule has 0 aromatic heterocycles. The second-order valence-corrected chi connectivity index (χ2v) is 4.69. The summed E-state index contributed by atoms with van der Waals surface area (Å²) in [4.78, 5) is 0. The monoisotopic (exact) mass is 242 g/mol. The van der Waals surface area contributed by atoms with Crippen LogP contribution in [0.3, 0.4) is 0 Å². The molecule has 0 fully saturated rings. The van der Waals surface area contributed by atoms with Gasteiger partial charge in [-0.15, -0.1) is 0 Å².